The lowest BCUT2D eigenvalue weighted by Gasteiger charge is -2.08. The molecular weight excluding hydrogens is 168 g/mol. The van der Waals surface area contributed by atoms with E-state index in [1.165, 1.54) is 21.9 Å². The first kappa shape index (κ1) is 9.01. The van der Waals surface area contributed by atoms with Gasteiger partial charge in [0.25, 0.3) is 0 Å². The number of rotatable bonds is 1. The van der Waals surface area contributed by atoms with Crippen LogP contribution in [0.1, 0.15) is 18.1 Å². The number of hydrogen-bond acceptors (Lipinski definition) is 0. The Morgan fingerprint density at radius 2 is 1.79 bits per heavy atom. The van der Waals surface area contributed by atoms with Crippen molar-refractivity contribution in [3.63, 3.8) is 0 Å². The van der Waals surface area contributed by atoms with E-state index in [9.17, 15) is 0 Å². The molecule has 0 aromatic heterocycles. The minimum absolute atomic E-state index is 1.13. The molecule has 0 bridgehead atoms. The zero-order valence-corrected chi connectivity index (χ0v) is 8.67. The summed E-state index contributed by atoms with van der Waals surface area (Å²) in [4.78, 5) is 0. The summed E-state index contributed by atoms with van der Waals surface area (Å²) in [7, 11) is 0. The van der Waals surface area contributed by atoms with Gasteiger partial charge in [-0.2, -0.15) is 0 Å². The van der Waals surface area contributed by atoms with Crippen LogP contribution >= 0.6 is 0 Å². The predicted octanol–water partition coefficient (Wildman–Crippen LogP) is 4.18. The van der Waals surface area contributed by atoms with Crippen molar-refractivity contribution in [3.8, 4) is 0 Å². The van der Waals surface area contributed by atoms with E-state index in [-0.39, 0.29) is 0 Å². The van der Waals surface area contributed by atoms with E-state index in [2.05, 4.69) is 56.8 Å². The number of fused-ring (bicyclic) bond motifs is 1. The van der Waals surface area contributed by atoms with Crippen LogP contribution in [0.15, 0.2) is 43.0 Å². The van der Waals surface area contributed by atoms with Gasteiger partial charge in [-0.1, -0.05) is 48.6 Å². The highest BCUT2D eigenvalue weighted by Crippen LogP contribution is 2.25. The van der Waals surface area contributed by atoms with E-state index >= 15 is 0 Å². The Labute approximate surface area is 84.9 Å². The van der Waals surface area contributed by atoms with Gasteiger partial charge in [-0.15, -0.1) is 0 Å². The summed E-state index contributed by atoms with van der Waals surface area (Å²) in [6.45, 7) is 8.20. The number of allylic oxidation sites excluding steroid dienone is 1. The molecule has 0 radical (unpaired) electrons. The van der Waals surface area contributed by atoms with Crippen molar-refractivity contribution < 1.29 is 0 Å². The van der Waals surface area contributed by atoms with E-state index in [4.69, 9.17) is 0 Å². The Kier molecular flexibility index (Phi) is 2.12. The molecule has 2 rings (SSSR count). The van der Waals surface area contributed by atoms with Crippen molar-refractivity contribution in [2.24, 2.45) is 0 Å². The van der Waals surface area contributed by atoms with E-state index in [0.717, 1.165) is 5.57 Å². The largest absolute Gasteiger partial charge is 0.0955 e. The minimum Gasteiger partial charge on any atom is -0.0955 e. The van der Waals surface area contributed by atoms with Crippen LogP contribution in [0.3, 0.4) is 0 Å². The molecule has 0 heteroatoms. The van der Waals surface area contributed by atoms with Gasteiger partial charge in [0.1, 0.15) is 0 Å². The van der Waals surface area contributed by atoms with Gasteiger partial charge >= 0.3 is 0 Å². The monoisotopic (exact) mass is 182 g/mol. The number of hydrogen-bond donors (Lipinski definition) is 0. The van der Waals surface area contributed by atoms with Crippen molar-refractivity contribution >= 4 is 16.3 Å². The molecule has 0 saturated carbocycles. The van der Waals surface area contributed by atoms with Gasteiger partial charge in [0.2, 0.25) is 0 Å². The lowest BCUT2D eigenvalue weighted by atomic mass is 9.97. The molecule has 2 aromatic rings. The van der Waals surface area contributed by atoms with Gasteiger partial charge in [0, 0.05) is 0 Å². The molecule has 0 aliphatic carbocycles. The zero-order chi connectivity index (χ0) is 10.1. The third kappa shape index (κ3) is 1.33. The van der Waals surface area contributed by atoms with Crippen molar-refractivity contribution in [1.82, 2.24) is 0 Å². The van der Waals surface area contributed by atoms with Crippen molar-refractivity contribution in [1.29, 1.82) is 0 Å². The Morgan fingerprint density at radius 3 is 2.50 bits per heavy atom. The maximum Gasteiger partial charge on any atom is -0.0149 e. The molecule has 70 valence electrons. The molecule has 0 saturated heterocycles. The van der Waals surface area contributed by atoms with Gasteiger partial charge in [0.15, 0.2) is 0 Å². The van der Waals surface area contributed by atoms with Gasteiger partial charge < -0.3 is 0 Å². The number of benzene rings is 2. The van der Waals surface area contributed by atoms with E-state index in [0.29, 0.717) is 0 Å². The van der Waals surface area contributed by atoms with Crippen molar-refractivity contribution in [3.05, 3.63) is 54.1 Å². The summed E-state index contributed by atoms with van der Waals surface area (Å²) in [5.74, 6) is 0. The molecule has 2 aromatic carbocycles. The summed E-state index contributed by atoms with van der Waals surface area (Å²) >= 11 is 0. The summed E-state index contributed by atoms with van der Waals surface area (Å²) < 4.78 is 0. The van der Waals surface area contributed by atoms with E-state index in [1.807, 2.05) is 0 Å². The second-order valence-corrected chi connectivity index (χ2v) is 3.74. The van der Waals surface area contributed by atoms with Crippen LogP contribution in [0.25, 0.3) is 16.3 Å². The van der Waals surface area contributed by atoms with Crippen LogP contribution in [0.2, 0.25) is 0 Å². The molecule has 0 aliphatic heterocycles. The zero-order valence-electron chi connectivity index (χ0n) is 8.67. The standard InChI is InChI=1S/C14H14/c1-10(2)13-9-8-12-6-4-5-7-14(12)11(13)3/h4-9H,1H2,2-3H3. The molecule has 0 amide bonds. The van der Waals surface area contributed by atoms with Gasteiger partial charge in [-0.25, -0.2) is 0 Å². The third-order valence-electron chi connectivity index (χ3n) is 2.66. The number of aryl methyl sites for hydroxylation is 1. The fourth-order valence-corrected chi connectivity index (χ4v) is 1.89. The summed E-state index contributed by atoms with van der Waals surface area (Å²) in [6.07, 6.45) is 0. The summed E-state index contributed by atoms with van der Waals surface area (Å²) in [5, 5.41) is 2.63. The SMILES string of the molecule is C=C(C)c1ccc2ccccc2c1C. The van der Waals surface area contributed by atoms with Crippen LogP contribution in [0, 0.1) is 6.92 Å². The predicted molar refractivity (Wildman–Crippen MR) is 63.4 cm³/mol. The highest BCUT2D eigenvalue weighted by Gasteiger charge is 2.02. The smallest absolute Gasteiger partial charge is 0.0149 e. The lowest BCUT2D eigenvalue weighted by molar-refractivity contribution is 1.46. The van der Waals surface area contributed by atoms with Crippen LogP contribution in [0.4, 0.5) is 0 Å². The minimum atomic E-state index is 1.13. The molecule has 0 spiro atoms. The molecule has 0 nitrogen and oxygen atoms in total. The van der Waals surface area contributed by atoms with Crippen LogP contribution < -0.4 is 0 Å². The van der Waals surface area contributed by atoms with Gasteiger partial charge in [-0.3, -0.25) is 0 Å². The molecule has 0 heterocycles. The topological polar surface area (TPSA) is 0 Å². The summed E-state index contributed by atoms with van der Waals surface area (Å²) in [6, 6.07) is 12.8. The first-order chi connectivity index (χ1) is 6.70. The third-order valence-corrected chi connectivity index (χ3v) is 2.66. The molecule has 0 aliphatic rings. The normalized spacial score (nSPS) is 10.4. The van der Waals surface area contributed by atoms with E-state index in [1.54, 1.807) is 0 Å². The Bertz CT molecular complexity index is 492. The van der Waals surface area contributed by atoms with Crippen LogP contribution in [0.5, 0.6) is 0 Å². The average Bonchev–Trinajstić information content (AvgIpc) is 2.18. The Morgan fingerprint density at radius 1 is 1.07 bits per heavy atom. The van der Waals surface area contributed by atoms with Crippen LogP contribution in [-0.2, 0) is 0 Å². The van der Waals surface area contributed by atoms with Crippen molar-refractivity contribution in [2.75, 3.05) is 0 Å². The molecule has 0 fully saturated rings. The molecule has 0 atom stereocenters. The van der Waals surface area contributed by atoms with Gasteiger partial charge in [-0.05, 0) is 35.7 Å². The maximum absolute atomic E-state index is 3.99. The fraction of sp³-hybridized carbons (Fsp3) is 0.143. The molecule has 0 unspecified atom stereocenters. The van der Waals surface area contributed by atoms with Gasteiger partial charge in [0.05, 0.1) is 0 Å². The highest BCUT2D eigenvalue weighted by atomic mass is 14.1. The summed E-state index contributed by atoms with van der Waals surface area (Å²) in [5.41, 5.74) is 3.73. The average molecular weight is 182 g/mol. The molecular formula is C14H14. The molecule has 14 heavy (non-hydrogen) atoms. The maximum atomic E-state index is 3.99. The first-order valence-electron chi connectivity index (χ1n) is 4.84. The quantitative estimate of drug-likeness (QED) is 0.620. The van der Waals surface area contributed by atoms with E-state index < -0.39 is 0 Å². The second-order valence-electron chi connectivity index (χ2n) is 3.74. The van der Waals surface area contributed by atoms with Crippen LogP contribution in [-0.4, -0.2) is 0 Å². The molecule has 0 N–H and O–H groups in total. The Hall–Kier alpha value is -1.56. The highest BCUT2D eigenvalue weighted by molar-refractivity contribution is 5.89. The lowest BCUT2D eigenvalue weighted by Crippen LogP contribution is -1.86. The Balaban J connectivity index is 2.81. The first-order valence-corrected chi connectivity index (χ1v) is 4.84. The second kappa shape index (κ2) is 3.30. The fourth-order valence-electron chi connectivity index (χ4n) is 1.89. The van der Waals surface area contributed by atoms with Crippen molar-refractivity contribution in [2.45, 2.75) is 13.8 Å².